The van der Waals surface area contributed by atoms with Crippen molar-refractivity contribution in [2.75, 3.05) is 6.54 Å². The molecule has 0 aromatic carbocycles. The number of rotatable bonds is 1. The van der Waals surface area contributed by atoms with Crippen LogP contribution in [-0.4, -0.2) is 32.3 Å². The Kier molecular flexibility index (Phi) is 3.22. The Labute approximate surface area is 131 Å². The highest BCUT2D eigenvalue weighted by Gasteiger charge is 2.24. The highest BCUT2D eigenvalue weighted by molar-refractivity contribution is 5.94. The summed E-state index contributed by atoms with van der Waals surface area (Å²) >= 11 is 0. The molecule has 0 saturated carbocycles. The Bertz CT molecular complexity index is 912. The Balaban J connectivity index is 1.67. The first-order valence-corrected chi connectivity index (χ1v) is 7.35. The second-order valence-electron chi connectivity index (χ2n) is 5.48. The summed E-state index contributed by atoms with van der Waals surface area (Å²) in [4.78, 5) is 26.7. The molecule has 0 saturated heterocycles. The molecule has 0 unspecified atom stereocenters. The molecule has 0 atom stereocenters. The van der Waals surface area contributed by atoms with Gasteiger partial charge in [0.1, 0.15) is 0 Å². The molecule has 0 spiro atoms. The number of aromatic nitrogens is 3. The van der Waals surface area contributed by atoms with E-state index in [-0.39, 0.29) is 11.5 Å². The maximum absolute atomic E-state index is 13.8. The second-order valence-corrected chi connectivity index (χ2v) is 5.48. The average Bonchev–Trinajstić information content (AvgIpc) is 2.59. The maximum Gasteiger partial charge on any atom is 0.257 e. The van der Waals surface area contributed by atoms with Crippen molar-refractivity contribution < 1.29 is 9.18 Å². The van der Waals surface area contributed by atoms with Crippen LogP contribution in [0.3, 0.4) is 0 Å². The minimum Gasteiger partial charge on any atom is -0.334 e. The van der Waals surface area contributed by atoms with E-state index in [4.69, 9.17) is 0 Å². The normalized spacial score (nSPS) is 13.9. The van der Waals surface area contributed by atoms with Gasteiger partial charge in [0.15, 0.2) is 11.5 Å². The molecule has 4 heterocycles. The molecule has 1 aliphatic rings. The van der Waals surface area contributed by atoms with Gasteiger partial charge in [-0.3, -0.25) is 9.78 Å². The van der Waals surface area contributed by atoms with Gasteiger partial charge in [0.05, 0.1) is 11.8 Å². The van der Waals surface area contributed by atoms with E-state index < -0.39 is 5.82 Å². The molecule has 6 heteroatoms. The summed E-state index contributed by atoms with van der Waals surface area (Å²) in [6, 6.07) is 7.22. The molecule has 0 radical (unpaired) electrons. The quantitative estimate of drug-likeness (QED) is 0.692. The molecule has 0 bridgehead atoms. The van der Waals surface area contributed by atoms with Gasteiger partial charge in [-0.25, -0.2) is 14.4 Å². The molecule has 3 aromatic heterocycles. The van der Waals surface area contributed by atoms with Crippen molar-refractivity contribution in [3.05, 3.63) is 65.5 Å². The van der Waals surface area contributed by atoms with Crippen LogP contribution in [0.25, 0.3) is 11.0 Å². The molecule has 5 nitrogen and oxygen atoms in total. The maximum atomic E-state index is 13.8. The monoisotopic (exact) mass is 308 g/mol. The van der Waals surface area contributed by atoms with Crippen LogP contribution in [0.4, 0.5) is 4.39 Å². The van der Waals surface area contributed by atoms with Crippen LogP contribution in [0.1, 0.15) is 21.6 Å². The van der Waals surface area contributed by atoms with Gasteiger partial charge in [-0.05, 0) is 29.8 Å². The van der Waals surface area contributed by atoms with E-state index in [2.05, 4.69) is 15.0 Å². The number of nitrogens with zero attached hydrogens (tertiary/aromatic N) is 4. The van der Waals surface area contributed by atoms with E-state index in [9.17, 15) is 9.18 Å². The van der Waals surface area contributed by atoms with Gasteiger partial charge in [0.25, 0.3) is 5.91 Å². The molecule has 1 aliphatic heterocycles. The predicted octanol–water partition coefficient (Wildman–Crippen LogP) is 2.36. The van der Waals surface area contributed by atoms with Crippen LogP contribution in [0.2, 0.25) is 0 Å². The minimum atomic E-state index is -0.593. The molecule has 23 heavy (non-hydrogen) atoms. The Hall–Kier alpha value is -2.89. The van der Waals surface area contributed by atoms with Crippen molar-refractivity contribution in [2.24, 2.45) is 0 Å². The third-order valence-corrected chi connectivity index (χ3v) is 4.03. The van der Waals surface area contributed by atoms with Crippen molar-refractivity contribution in [1.82, 2.24) is 19.9 Å². The lowest BCUT2D eigenvalue weighted by Crippen LogP contribution is -2.36. The van der Waals surface area contributed by atoms with Gasteiger partial charge in [0.2, 0.25) is 0 Å². The van der Waals surface area contributed by atoms with Gasteiger partial charge in [-0.1, -0.05) is 0 Å². The molecular formula is C17H13FN4O. The number of amides is 1. The highest BCUT2D eigenvalue weighted by Crippen LogP contribution is 2.23. The van der Waals surface area contributed by atoms with Gasteiger partial charge in [0, 0.05) is 43.0 Å². The fourth-order valence-corrected chi connectivity index (χ4v) is 2.86. The Morgan fingerprint density at radius 2 is 2.17 bits per heavy atom. The number of pyridine rings is 3. The lowest BCUT2D eigenvalue weighted by molar-refractivity contribution is 0.0729. The molecule has 0 fully saturated rings. The SMILES string of the molecule is O=C(c1ccncc1F)N1CCc2nc3ncccc3cc2C1. The van der Waals surface area contributed by atoms with E-state index in [1.165, 1.54) is 12.3 Å². The van der Waals surface area contributed by atoms with Crippen LogP contribution in [0, 0.1) is 5.82 Å². The molecule has 0 aliphatic carbocycles. The number of hydrogen-bond donors (Lipinski definition) is 0. The fraction of sp³-hybridized carbons (Fsp3) is 0.176. The zero-order chi connectivity index (χ0) is 15.8. The van der Waals surface area contributed by atoms with Crippen LogP contribution in [-0.2, 0) is 13.0 Å². The third-order valence-electron chi connectivity index (χ3n) is 4.03. The first-order valence-electron chi connectivity index (χ1n) is 7.35. The zero-order valence-electron chi connectivity index (χ0n) is 12.2. The first kappa shape index (κ1) is 13.8. The van der Waals surface area contributed by atoms with Crippen LogP contribution >= 0.6 is 0 Å². The summed E-state index contributed by atoms with van der Waals surface area (Å²) in [7, 11) is 0. The first-order chi connectivity index (χ1) is 11.2. The standard InChI is InChI=1S/C17H13FN4O/c18-14-9-19-6-3-13(14)17(23)22-7-4-15-12(10-22)8-11-2-1-5-20-16(11)21-15/h1-3,5-6,8-9H,4,7,10H2. The predicted molar refractivity (Wildman–Crippen MR) is 82.2 cm³/mol. The highest BCUT2D eigenvalue weighted by atomic mass is 19.1. The number of carbonyl (C=O) groups excluding carboxylic acids is 1. The van der Waals surface area contributed by atoms with Crippen molar-refractivity contribution >= 4 is 16.9 Å². The summed E-state index contributed by atoms with van der Waals surface area (Å²) in [6.45, 7) is 0.937. The number of carbonyl (C=O) groups is 1. The molecule has 0 N–H and O–H groups in total. The van der Waals surface area contributed by atoms with Crippen LogP contribution in [0.5, 0.6) is 0 Å². The molecule has 4 rings (SSSR count). The summed E-state index contributed by atoms with van der Waals surface area (Å²) < 4.78 is 13.8. The van der Waals surface area contributed by atoms with Crippen molar-refractivity contribution in [3.8, 4) is 0 Å². The van der Waals surface area contributed by atoms with Crippen molar-refractivity contribution in [2.45, 2.75) is 13.0 Å². The summed E-state index contributed by atoms with van der Waals surface area (Å²) in [5.74, 6) is -0.911. The Morgan fingerprint density at radius 1 is 1.26 bits per heavy atom. The average molecular weight is 308 g/mol. The van der Waals surface area contributed by atoms with Crippen molar-refractivity contribution in [1.29, 1.82) is 0 Å². The lowest BCUT2D eigenvalue weighted by Gasteiger charge is -2.28. The number of halogens is 1. The molecule has 1 amide bonds. The van der Waals surface area contributed by atoms with E-state index in [1.54, 1.807) is 11.1 Å². The Morgan fingerprint density at radius 3 is 3.04 bits per heavy atom. The molecule has 114 valence electrons. The third kappa shape index (κ3) is 2.42. The second kappa shape index (κ2) is 5.39. The van der Waals surface area contributed by atoms with E-state index in [0.29, 0.717) is 25.2 Å². The summed E-state index contributed by atoms with van der Waals surface area (Å²) in [5.41, 5.74) is 2.71. The van der Waals surface area contributed by atoms with Gasteiger partial charge in [-0.15, -0.1) is 0 Å². The van der Waals surface area contributed by atoms with Gasteiger partial charge in [-0.2, -0.15) is 0 Å². The fourth-order valence-electron chi connectivity index (χ4n) is 2.86. The lowest BCUT2D eigenvalue weighted by atomic mass is 10.0. The van der Waals surface area contributed by atoms with Gasteiger partial charge >= 0.3 is 0 Å². The largest absolute Gasteiger partial charge is 0.334 e. The zero-order valence-corrected chi connectivity index (χ0v) is 12.2. The summed E-state index contributed by atoms with van der Waals surface area (Å²) in [6.07, 6.45) is 4.84. The number of fused-ring (bicyclic) bond motifs is 2. The van der Waals surface area contributed by atoms with Crippen LogP contribution in [0.15, 0.2) is 42.9 Å². The van der Waals surface area contributed by atoms with Gasteiger partial charge < -0.3 is 4.90 Å². The van der Waals surface area contributed by atoms with E-state index >= 15 is 0 Å². The minimum absolute atomic E-state index is 0.0545. The smallest absolute Gasteiger partial charge is 0.257 e. The van der Waals surface area contributed by atoms with E-state index in [0.717, 1.165) is 22.8 Å². The molecular weight excluding hydrogens is 295 g/mol. The summed E-state index contributed by atoms with van der Waals surface area (Å²) in [5, 5.41) is 0.940. The number of hydrogen-bond acceptors (Lipinski definition) is 4. The van der Waals surface area contributed by atoms with Crippen molar-refractivity contribution in [3.63, 3.8) is 0 Å². The molecule has 3 aromatic rings. The van der Waals surface area contributed by atoms with E-state index in [1.807, 2.05) is 18.2 Å². The van der Waals surface area contributed by atoms with Crippen LogP contribution < -0.4 is 0 Å². The topological polar surface area (TPSA) is 59.0 Å².